The number of quaternary nitrogens is 1. The van der Waals surface area contributed by atoms with E-state index in [-0.39, 0.29) is 12.4 Å². The van der Waals surface area contributed by atoms with Crippen LogP contribution in [0.5, 0.6) is 5.75 Å². The minimum atomic E-state index is -0.235. The van der Waals surface area contributed by atoms with E-state index in [1.165, 1.54) is 11.6 Å². The third kappa shape index (κ3) is 5.17. The molecular formula is C17H21FNO2+. The van der Waals surface area contributed by atoms with Crippen LogP contribution in [0, 0.1) is 5.82 Å². The summed E-state index contributed by atoms with van der Waals surface area (Å²) in [5, 5.41) is 2.18. The van der Waals surface area contributed by atoms with Gasteiger partial charge in [-0.05, 0) is 18.2 Å². The van der Waals surface area contributed by atoms with Gasteiger partial charge in [-0.15, -0.1) is 0 Å². The zero-order valence-electron chi connectivity index (χ0n) is 12.2. The summed E-state index contributed by atoms with van der Waals surface area (Å²) < 4.78 is 24.2. The second-order valence-corrected chi connectivity index (χ2v) is 4.80. The zero-order chi connectivity index (χ0) is 14.9. The first-order valence-corrected chi connectivity index (χ1v) is 7.05. The van der Waals surface area contributed by atoms with Gasteiger partial charge in [-0.25, -0.2) is 4.39 Å². The molecule has 0 aliphatic heterocycles. The van der Waals surface area contributed by atoms with E-state index >= 15 is 0 Å². The molecule has 0 bridgehead atoms. The summed E-state index contributed by atoms with van der Waals surface area (Å²) in [4.78, 5) is 0. The summed E-state index contributed by atoms with van der Waals surface area (Å²) >= 11 is 0. The second kappa shape index (κ2) is 8.39. The summed E-state index contributed by atoms with van der Waals surface area (Å²) in [5.74, 6) is 0.525. The van der Waals surface area contributed by atoms with E-state index in [9.17, 15) is 4.39 Å². The molecule has 112 valence electrons. The largest absolute Gasteiger partial charge is 0.489 e. The first kappa shape index (κ1) is 15.5. The topological polar surface area (TPSA) is 35.1 Å². The number of ether oxygens (including phenoxy) is 2. The SMILES string of the molecule is COCC[NH2+]Cc1cccc(OCc2ccccc2F)c1. The third-order valence-corrected chi connectivity index (χ3v) is 3.16. The lowest BCUT2D eigenvalue weighted by atomic mass is 10.2. The first-order valence-electron chi connectivity index (χ1n) is 7.05. The standard InChI is InChI=1S/C17H20FNO2/c1-20-10-9-19-12-14-5-4-7-16(11-14)21-13-15-6-2-3-8-17(15)18/h2-8,11,19H,9-10,12-13H2,1H3/p+1. The Morgan fingerprint density at radius 2 is 1.95 bits per heavy atom. The van der Waals surface area contributed by atoms with E-state index < -0.39 is 0 Å². The lowest BCUT2D eigenvalue weighted by Gasteiger charge is -2.08. The summed E-state index contributed by atoms with van der Waals surface area (Å²) in [6.07, 6.45) is 0. The molecule has 0 radical (unpaired) electrons. The van der Waals surface area contributed by atoms with Gasteiger partial charge in [-0.2, -0.15) is 0 Å². The van der Waals surface area contributed by atoms with E-state index in [0.717, 1.165) is 25.4 Å². The van der Waals surface area contributed by atoms with Crippen LogP contribution in [-0.4, -0.2) is 20.3 Å². The van der Waals surface area contributed by atoms with Gasteiger partial charge in [0.15, 0.2) is 0 Å². The Hall–Kier alpha value is -1.91. The van der Waals surface area contributed by atoms with Crippen LogP contribution in [-0.2, 0) is 17.9 Å². The quantitative estimate of drug-likeness (QED) is 0.756. The van der Waals surface area contributed by atoms with E-state index in [1.54, 1.807) is 19.2 Å². The molecule has 0 heterocycles. The molecule has 0 atom stereocenters. The van der Waals surface area contributed by atoms with Crippen molar-refractivity contribution in [3.63, 3.8) is 0 Å². The molecule has 0 aromatic heterocycles. The third-order valence-electron chi connectivity index (χ3n) is 3.16. The highest BCUT2D eigenvalue weighted by atomic mass is 19.1. The van der Waals surface area contributed by atoms with E-state index in [0.29, 0.717) is 5.56 Å². The van der Waals surface area contributed by atoms with E-state index in [2.05, 4.69) is 11.4 Å². The molecule has 0 saturated carbocycles. The highest BCUT2D eigenvalue weighted by Gasteiger charge is 2.03. The van der Waals surface area contributed by atoms with Crippen molar-refractivity contribution in [3.05, 3.63) is 65.5 Å². The van der Waals surface area contributed by atoms with Crippen LogP contribution in [0.3, 0.4) is 0 Å². The fourth-order valence-corrected chi connectivity index (χ4v) is 2.01. The average molecular weight is 290 g/mol. The Morgan fingerprint density at radius 3 is 2.76 bits per heavy atom. The average Bonchev–Trinajstić information content (AvgIpc) is 2.51. The minimum absolute atomic E-state index is 0.235. The van der Waals surface area contributed by atoms with Crippen molar-refractivity contribution in [2.24, 2.45) is 0 Å². The van der Waals surface area contributed by atoms with Gasteiger partial charge in [0.2, 0.25) is 0 Å². The second-order valence-electron chi connectivity index (χ2n) is 4.80. The van der Waals surface area contributed by atoms with Crippen molar-refractivity contribution in [2.45, 2.75) is 13.2 Å². The molecule has 0 spiro atoms. The number of methoxy groups -OCH3 is 1. The van der Waals surface area contributed by atoms with Crippen LogP contribution in [0.15, 0.2) is 48.5 Å². The Kier molecular flexibility index (Phi) is 6.19. The molecule has 2 aromatic rings. The van der Waals surface area contributed by atoms with E-state index in [4.69, 9.17) is 9.47 Å². The van der Waals surface area contributed by atoms with E-state index in [1.807, 2.05) is 24.3 Å². The highest BCUT2D eigenvalue weighted by molar-refractivity contribution is 5.28. The normalized spacial score (nSPS) is 10.6. The Morgan fingerprint density at radius 1 is 1.10 bits per heavy atom. The highest BCUT2D eigenvalue weighted by Crippen LogP contribution is 2.15. The number of hydrogen-bond acceptors (Lipinski definition) is 2. The van der Waals surface area contributed by atoms with Crippen LogP contribution in [0.1, 0.15) is 11.1 Å². The molecule has 0 saturated heterocycles. The van der Waals surface area contributed by atoms with Gasteiger partial charge in [0.25, 0.3) is 0 Å². The summed E-state index contributed by atoms with van der Waals surface area (Å²) in [6, 6.07) is 14.6. The molecule has 2 N–H and O–H groups in total. The van der Waals surface area contributed by atoms with Crippen LogP contribution < -0.4 is 10.1 Å². The zero-order valence-corrected chi connectivity index (χ0v) is 12.2. The molecular weight excluding hydrogens is 269 g/mol. The van der Waals surface area contributed by atoms with Crippen molar-refractivity contribution in [1.29, 1.82) is 0 Å². The van der Waals surface area contributed by atoms with Crippen LogP contribution in [0.4, 0.5) is 4.39 Å². The number of rotatable bonds is 8. The Labute approximate surface area is 124 Å². The van der Waals surface area contributed by atoms with Gasteiger partial charge in [-0.1, -0.05) is 30.3 Å². The van der Waals surface area contributed by atoms with Gasteiger partial charge < -0.3 is 14.8 Å². The lowest BCUT2D eigenvalue weighted by Crippen LogP contribution is -2.83. The molecule has 3 nitrogen and oxygen atoms in total. The first-order chi connectivity index (χ1) is 10.3. The van der Waals surface area contributed by atoms with Crippen LogP contribution >= 0.6 is 0 Å². The predicted molar refractivity (Wildman–Crippen MR) is 79.5 cm³/mol. The van der Waals surface area contributed by atoms with Gasteiger partial charge in [0.05, 0.1) is 13.2 Å². The fourth-order valence-electron chi connectivity index (χ4n) is 2.01. The maximum Gasteiger partial charge on any atom is 0.129 e. The summed E-state index contributed by atoms with van der Waals surface area (Å²) in [5.41, 5.74) is 1.74. The lowest BCUT2D eigenvalue weighted by molar-refractivity contribution is -0.671. The van der Waals surface area contributed by atoms with Gasteiger partial charge in [0, 0.05) is 18.2 Å². The number of nitrogens with two attached hydrogens (primary N) is 1. The molecule has 0 aliphatic rings. The minimum Gasteiger partial charge on any atom is -0.489 e. The van der Waals surface area contributed by atoms with Crippen molar-refractivity contribution in [3.8, 4) is 5.75 Å². The number of benzene rings is 2. The van der Waals surface area contributed by atoms with Gasteiger partial charge >= 0.3 is 0 Å². The fraction of sp³-hybridized carbons (Fsp3) is 0.294. The molecule has 2 aromatic carbocycles. The van der Waals surface area contributed by atoms with Crippen LogP contribution in [0.2, 0.25) is 0 Å². The van der Waals surface area contributed by atoms with Gasteiger partial charge in [-0.3, -0.25) is 0 Å². The maximum absolute atomic E-state index is 13.5. The maximum atomic E-state index is 13.5. The number of hydrogen-bond donors (Lipinski definition) is 1. The molecule has 4 heteroatoms. The van der Waals surface area contributed by atoms with Crippen molar-refractivity contribution in [2.75, 3.05) is 20.3 Å². The molecule has 21 heavy (non-hydrogen) atoms. The Bertz CT molecular complexity index is 560. The van der Waals surface area contributed by atoms with Gasteiger partial charge in [0.1, 0.15) is 24.7 Å². The summed E-state index contributed by atoms with van der Waals surface area (Å²) in [6.45, 7) is 2.78. The summed E-state index contributed by atoms with van der Waals surface area (Å²) in [7, 11) is 1.70. The molecule has 0 unspecified atom stereocenters. The Balaban J connectivity index is 1.87. The van der Waals surface area contributed by atoms with Crippen LogP contribution in [0.25, 0.3) is 0 Å². The molecule has 0 amide bonds. The smallest absolute Gasteiger partial charge is 0.129 e. The van der Waals surface area contributed by atoms with Crippen molar-refractivity contribution >= 4 is 0 Å². The molecule has 0 aliphatic carbocycles. The monoisotopic (exact) mass is 290 g/mol. The van der Waals surface area contributed by atoms with Crippen molar-refractivity contribution < 1.29 is 19.2 Å². The van der Waals surface area contributed by atoms with Crippen molar-refractivity contribution in [1.82, 2.24) is 0 Å². The predicted octanol–water partition coefficient (Wildman–Crippen LogP) is 2.11. The molecule has 2 rings (SSSR count). The molecule has 0 fully saturated rings. The number of halogens is 1.